The van der Waals surface area contributed by atoms with E-state index in [1.807, 2.05) is 0 Å². The van der Waals surface area contributed by atoms with Gasteiger partial charge in [-0.15, -0.1) is 0 Å². The molecule has 2 heteroatoms. The van der Waals surface area contributed by atoms with Crippen LogP contribution in [0.4, 0.5) is 11.4 Å². The summed E-state index contributed by atoms with van der Waals surface area (Å²) in [6, 6.07) is 17.7. The van der Waals surface area contributed by atoms with E-state index < -0.39 is 0 Å². The maximum atomic E-state index is 2.49. The zero-order chi connectivity index (χ0) is 25.1. The molecule has 0 amide bonds. The second-order valence-electron chi connectivity index (χ2n) is 10.7. The first kappa shape index (κ1) is 25.0. The van der Waals surface area contributed by atoms with Gasteiger partial charge in [-0.25, -0.2) is 0 Å². The van der Waals surface area contributed by atoms with Crippen molar-refractivity contribution in [3.8, 4) is 0 Å². The lowest BCUT2D eigenvalue weighted by Gasteiger charge is -2.26. The van der Waals surface area contributed by atoms with E-state index >= 15 is 0 Å². The Morgan fingerprint density at radius 3 is 2.14 bits per heavy atom. The van der Waals surface area contributed by atoms with Crippen molar-refractivity contribution in [3.05, 3.63) is 108 Å². The Morgan fingerprint density at radius 2 is 1.40 bits per heavy atom. The minimum absolute atomic E-state index is 0.0160. The van der Waals surface area contributed by atoms with E-state index in [-0.39, 0.29) is 10.8 Å². The van der Waals surface area contributed by atoms with Gasteiger partial charge in [-0.1, -0.05) is 94.5 Å². The maximum absolute atomic E-state index is 2.49. The molecule has 35 heavy (non-hydrogen) atoms. The molecule has 0 unspecified atom stereocenters. The lowest BCUT2D eigenvalue weighted by Crippen LogP contribution is -2.27. The normalized spacial score (nSPS) is 19.6. The van der Waals surface area contributed by atoms with Crippen molar-refractivity contribution in [1.82, 2.24) is 0 Å². The molecule has 182 valence electrons. The Hall–Kier alpha value is -3.13. The molecule has 0 atom stereocenters. The van der Waals surface area contributed by atoms with Crippen LogP contribution in [0, 0.1) is 0 Å². The van der Waals surface area contributed by atoms with Crippen LogP contribution in [0.5, 0.6) is 0 Å². The van der Waals surface area contributed by atoms with Gasteiger partial charge in [0.05, 0.1) is 5.41 Å². The first-order valence-corrected chi connectivity index (χ1v) is 13.2. The van der Waals surface area contributed by atoms with Gasteiger partial charge in [0, 0.05) is 47.5 Å². The van der Waals surface area contributed by atoms with E-state index in [0.717, 1.165) is 25.9 Å². The summed E-state index contributed by atoms with van der Waals surface area (Å²) in [6.07, 6.45) is 17.6. The van der Waals surface area contributed by atoms with Crippen LogP contribution in [0.25, 0.3) is 0 Å². The van der Waals surface area contributed by atoms with Gasteiger partial charge in [0.15, 0.2) is 5.71 Å². The third-order valence-corrected chi connectivity index (χ3v) is 7.45. The zero-order valence-electron chi connectivity index (χ0n) is 22.4. The fourth-order valence-electron chi connectivity index (χ4n) is 5.70. The van der Waals surface area contributed by atoms with Gasteiger partial charge in [0.2, 0.25) is 5.69 Å². The highest BCUT2D eigenvalue weighted by atomic mass is 15.2. The molecule has 2 aliphatic heterocycles. The van der Waals surface area contributed by atoms with Crippen LogP contribution in [-0.2, 0) is 10.8 Å². The van der Waals surface area contributed by atoms with Crippen molar-refractivity contribution < 1.29 is 4.58 Å². The molecule has 0 fully saturated rings. The Balaban J connectivity index is 1.51. The fourth-order valence-corrected chi connectivity index (χ4v) is 5.70. The van der Waals surface area contributed by atoms with Crippen molar-refractivity contribution in [3.63, 3.8) is 0 Å². The third-order valence-electron chi connectivity index (χ3n) is 7.45. The highest BCUT2D eigenvalue weighted by Crippen LogP contribution is 2.47. The van der Waals surface area contributed by atoms with Crippen LogP contribution in [0.1, 0.15) is 65.5 Å². The number of hydrogen-bond acceptors (Lipinski definition) is 1. The van der Waals surface area contributed by atoms with E-state index in [0.29, 0.717) is 0 Å². The molecule has 0 N–H and O–H groups in total. The fraction of sp³-hybridized carbons (Fsp3) is 0.364. The summed E-state index contributed by atoms with van der Waals surface area (Å²) >= 11 is 0. The lowest BCUT2D eigenvalue weighted by atomic mass is 9.81. The average Bonchev–Trinajstić information content (AvgIpc) is 3.19. The molecule has 0 aromatic heterocycles. The molecule has 0 radical (unpaired) electrons. The number of allylic oxidation sites excluding steroid dienone is 8. The molecule has 0 saturated carbocycles. The summed E-state index contributed by atoms with van der Waals surface area (Å²) in [5, 5.41) is 0. The van der Waals surface area contributed by atoms with E-state index in [1.165, 1.54) is 33.9 Å². The minimum atomic E-state index is 0.0160. The SMILES string of the molecule is CCCN1/C(=C/C=C/C=C/C=C/C2=[N+](CCC)c3ccccc3C2(C)C)C(C)(C)c2ccccc21. The Labute approximate surface area is 212 Å². The van der Waals surface area contributed by atoms with Crippen LogP contribution in [0.3, 0.4) is 0 Å². The van der Waals surface area contributed by atoms with Gasteiger partial charge in [-0.05, 0) is 38.0 Å². The summed E-state index contributed by atoms with van der Waals surface area (Å²) < 4.78 is 2.49. The highest BCUT2D eigenvalue weighted by molar-refractivity contribution is 6.03. The van der Waals surface area contributed by atoms with E-state index in [4.69, 9.17) is 0 Å². The summed E-state index contributed by atoms with van der Waals surface area (Å²) in [5.74, 6) is 0. The summed E-state index contributed by atoms with van der Waals surface area (Å²) in [4.78, 5) is 2.49. The molecular formula is C33H41N2+. The molecule has 0 aliphatic carbocycles. The van der Waals surface area contributed by atoms with Crippen molar-refractivity contribution in [1.29, 1.82) is 0 Å². The number of nitrogens with zero attached hydrogens (tertiary/aromatic N) is 2. The number of anilines is 1. The molecule has 2 nitrogen and oxygen atoms in total. The zero-order valence-corrected chi connectivity index (χ0v) is 22.4. The first-order chi connectivity index (χ1) is 16.8. The number of fused-ring (bicyclic) bond motifs is 2. The standard InChI is InChI=1S/C33H41N2/c1-7-24-34-28-20-16-14-18-26(28)32(3,4)30(34)22-12-10-9-11-13-23-31-33(5,6)27-19-15-17-21-29(27)35(31)25-8-2/h9-23H,7-8,24-25H2,1-6H3/q+1. The predicted octanol–water partition coefficient (Wildman–Crippen LogP) is 8.23. The second kappa shape index (κ2) is 10.2. The van der Waals surface area contributed by atoms with E-state index in [1.54, 1.807) is 0 Å². The topological polar surface area (TPSA) is 6.25 Å². The number of benzene rings is 2. The maximum Gasteiger partial charge on any atom is 0.209 e. The van der Waals surface area contributed by atoms with Crippen molar-refractivity contribution in [2.45, 2.75) is 65.2 Å². The molecular weight excluding hydrogens is 424 g/mol. The minimum Gasteiger partial charge on any atom is -0.344 e. The summed E-state index contributed by atoms with van der Waals surface area (Å²) in [7, 11) is 0. The quantitative estimate of drug-likeness (QED) is 0.281. The van der Waals surface area contributed by atoms with Crippen LogP contribution >= 0.6 is 0 Å². The number of para-hydroxylation sites is 2. The average molecular weight is 466 g/mol. The largest absolute Gasteiger partial charge is 0.344 e. The smallest absolute Gasteiger partial charge is 0.209 e. The first-order valence-electron chi connectivity index (χ1n) is 13.2. The lowest BCUT2D eigenvalue weighted by molar-refractivity contribution is -0.437. The van der Waals surface area contributed by atoms with Crippen LogP contribution in [0.2, 0.25) is 0 Å². The molecule has 0 saturated heterocycles. The Morgan fingerprint density at radius 1 is 0.743 bits per heavy atom. The number of hydrogen-bond donors (Lipinski definition) is 0. The van der Waals surface area contributed by atoms with Crippen molar-refractivity contribution in [2.24, 2.45) is 0 Å². The Bertz CT molecular complexity index is 1220. The van der Waals surface area contributed by atoms with Gasteiger partial charge in [0.25, 0.3) is 0 Å². The van der Waals surface area contributed by atoms with Crippen LogP contribution < -0.4 is 4.90 Å². The third kappa shape index (κ3) is 4.59. The van der Waals surface area contributed by atoms with Crippen LogP contribution in [-0.4, -0.2) is 23.4 Å². The van der Waals surface area contributed by atoms with E-state index in [9.17, 15) is 0 Å². The van der Waals surface area contributed by atoms with Gasteiger partial charge < -0.3 is 4.90 Å². The molecule has 2 aromatic rings. The van der Waals surface area contributed by atoms with E-state index in [2.05, 4.69) is 142 Å². The second-order valence-corrected chi connectivity index (χ2v) is 10.7. The molecule has 2 aromatic carbocycles. The summed E-state index contributed by atoms with van der Waals surface area (Å²) in [5.41, 5.74) is 8.32. The molecule has 2 heterocycles. The monoisotopic (exact) mass is 465 g/mol. The van der Waals surface area contributed by atoms with Gasteiger partial charge in [-0.3, -0.25) is 0 Å². The summed E-state index contributed by atoms with van der Waals surface area (Å²) in [6.45, 7) is 15.9. The van der Waals surface area contributed by atoms with Gasteiger partial charge in [-0.2, -0.15) is 4.58 Å². The molecule has 2 aliphatic rings. The highest BCUT2D eigenvalue weighted by Gasteiger charge is 2.43. The molecule has 0 bridgehead atoms. The van der Waals surface area contributed by atoms with Crippen molar-refractivity contribution in [2.75, 3.05) is 18.0 Å². The van der Waals surface area contributed by atoms with Gasteiger partial charge >= 0.3 is 0 Å². The van der Waals surface area contributed by atoms with Crippen LogP contribution in [0.15, 0.2) is 96.8 Å². The molecule has 4 rings (SSSR count). The van der Waals surface area contributed by atoms with Crippen molar-refractivity contribution >= 4 is 17.1 Å². The Kier molecular flexibility index (Phi) is 7.31. The van der Waals surface area contributed by atoms with Gasteiger partial charge in [0.1, 0.15) is 6.54 Å². The molecule has 0 spiro atoms. The number of rotatable bonds is 8. The predicted molar refractivity (Wildman–Crippen MR) is 152 cm³/mol.